The highest BCUT2D eigenvalue weighted by Crippen LogP contribution is 2.16. The van der Waals surface area contributed by atoms with Gasteiger partial charge in [-0.25, -0.2) is 0 Å². The van der Waals surface area contributed by atoms with E-state index in [1.807, 2.05) is 4.90 Å². The molecule has 1 amide bonds. The second-order valence-electron chi connectivity index (χ2n) is 4.85. The third-order valence-electron chi connectivity index (χ3n) is 3.34. The number of rotatable bonds is 5. The Kier molecular flexibility index (Phi) is 5.88. The van der Waals surface area contributed by atoms with E-state index >= 15 is 0 Å². The fourth-order valence-electron chi connectivity index (χ4n) is 2.23. The molecular weight excluding hydrogens is 218 g/mol. The Morgan fingerprint density at radius 1 is 1.53 bits per heavy atom. The predicted octanol–water partition coefficient (Wildman–Crippen LogP) is -0.0972. The molecule has 5 nitrogen and oxygen atoms in total. The molecule has 1 saturated heterocycles. The summed E-state index contributed by atoms with van der Waals surface area (Å²) in [4.78, 5) is 16.3. The maximum Gasteiger partial charge on any atom is 0.239 e. The van der Waals surface area contributed by atoms with Crippen LogP contribution in [0.5, 0.6) is 0 Å². The maximum absolute atomic E-state index is 12.1. The van der Waals surface area contributed by atoms with Crippen molar-refractivity contribution in [1.82, 2.24) is 9.80 Å². The van der Waals surface area contributed by atoms with E-state index < -0.39 is 6.04 Å². The first kappa shape index (κ1) is 14.4. The number of amides is 1. The topological polar surface area (TPSA) is 58.8 Å². The third kappa shape index (κ3) is 4.26. The Hall–Kier alpha value is -0.650. The predicted molar refractivity (Wildman–Crippen MR) is 67.8 cm³/mol. The number of hydrogen-bond acceptors (Lipinski definition) is 4. The lowest BCUT2D eigenvalue weighted by Gasteiger charge is -2.38. The standard InChI is InChI=1S/C12H25N3O2/c1-10(13)12(16)15(8-9-17-3)11-4-6-14(2)7-5-11/h10-11H,4-9,13H2,1-3H3/t10-/m0/s1. The van der Waals surface area contributed by atoms with Gasteiger partial charge in [-0.2, -0.15) is 0 Å². The molecule has 0 saturated carbocycles. The molecule has 1 atom stereocenters. The number of likely N-dealkylation sites (tertiary alicyclic amines) is 1. The van der Waals surface area contributed by atoms with E-state index in [9.17, 15) is 4.79 Å². The van der Waals surface area contributed by atoms with Gasteiger partial charge in [0.15, 0.2) is 0 Å². The van der Waals surface area contributed by atoms with Gasteiger partial charge in [0, 0.05) is 19.7 Å². The van der Waals surface area contributed by atoms with Crippen LogP contribution in [0.4, 0.5) is 0 Å². The maximum atomic E-state index is 12.1. The highest BCUT2D eigenvalue weighted by Gasteiger charge is 2.27. The first-order valence-corrected chi connectivity index (χ1v) is 6.29. The summed E-state index contributed by atoms with van der Waals surface area (Å²) in [5.41, 5.74) is 5.70. The molecule has 1 aliphatic heterocycles. The minimum Gasteiger partial charge on any atom is -0.383 e. The quantitative estimate of drug-likeness (QED) is 0.733. The smallest absolute Gasteiger partial charge is 0.239 e. The van der Waals surface area contributed by atoms with Gasteiger partial charge in [0.25, 0.3) is 0 Å². The number of piperidine rings is 1. The fraction of sp³-hybridized carbons (Fsp3) is 0.917. The molecule has 1 fully saturated rings. The summed E-state index contributed by atoms with van der Waals surface area (Å²) in [5, 5.41) is 0. The van der Waals surface area contributed by atoms with E-state index in [-0.39, 0.29) is 5.91 Å². The molecule has 0 aromatic heterocycles. The Bertz CT molecular complexity index is 238. The van der Waals surface area contributed by atoms with Crippen molar-refractivity contribution in [2.24, 2.45) is 5.73 Å². The van der Waals surface area contributed by atoms with Crippen molar-refractivity contribution in [2.75, 3.05) is 40.4 Å². The number of nitrogens with two attached hydrogens (primary N) is 1. The van der Waals surface area contributed by atoms with Gasteiger partial charge in [-0.05, 0) is 39.9 Å². The molecule has 5 heteroatoms. The molecule has 100 valence electrons. The first-order chi connectivity index (χ1) is 8.06. The van der Waals surface area contributed by atoms with E-state index in [0.29, 0.717) is 19.2 Å². The van der Waals surface area contributed by atoms with E-state index in [4.69, 9.17) is 10.5 Å². The molecule has 0 aliphatic carbocycles. The highest BCUT2D eigenvalue weighted by atomic mass is 16.5. The van der Waals surface area contributed by atoms with Crippen molar-refractivity contribution in [3.8, 4) is 0 Å². The molecule has 1 rings (SSSR count). The van der Waals surface area contributed by atoms with Crippen LogP contribution >= 0.6 is 0 Å². The van der Waals surface area contributed by atoms with Gasteiger partial charge in [0.05, 0.1) is 12.6 Å². The molecule has 0 spiro atoms. The minimum atomic E-state index is -0.425. The zero-order valence-corrected chi connectivity index (χ0v) is 11.2. The molecule has 0 aromatic carbocycles. The average molecular weight is 243 g/mol. The number of nitrogens with zero attached hydrogens (tertiary/aromatic N) is 2. The monoisotopic (exact) mass is 243 g/mol. The van der Waals surface area contributed by atoms with Crippen molar-refractivity contribution in [1.29, 1.82) is 0 Å². The van der Waals surface area contributed by atoms with Gasteiger partial charge in [-0.3, -0.25) is 4.79 Å². The Balaban J connectivity index is 2.58. The zero-order valence-electron chi connectivity index (χ0n) is 11.2. The number of methoxy groups -OCH3 is 1. The lowest BCUT2D eigenvalue weighted by Crippen LogP contribution is -2.52. The van der Waals surface area contributed by atoms with E-state index in [0.717, 1.165) is 25.9 Å². The number of carbonyl (C=O) groups is 1. The molecule has 2 N–H and O–H groups in total. The molecule has 1 aliphatic rings. The molecule has 17 heavy (non-hydrogen) atoms. The Morgan fingerprint density at radius 2 is 2.12 bits per heavy atom. The SMILES string of the molecule is COCCN(C(=O)[C@H](C)N)C1CCN(C)CC1. The molecule has 0 unspecified atom stereocenters. The van der Waals surface area contributed by atoms with Crippen molar-refractivity contribution >= 4 is 5.91 Å². The summed E-state index contributed by atoms with van der Waals surface area (Å²) in [6, 6.07) is -0.105. The number of hydrogen-bond donors (Lipinski definition) is 1. The summed E-state index contributed by atoms with van der Waals surface area (Å²) in [5.74, 6) is 0.0385. The first-order valence-electron chi connectivity index (χ1n) is 6.29. The van der Waals surface area contributed by atoms with Crippen LogP contribution in [0.15, 0.2) is 0 Å². The van der Waals surface area contributed by atoms with E-state index in [2.05, 4.69) is 11.9 Å². The van der Waals surface area contributed by atoms with Crippen LogP contribution in [0.1, 0.15) is 19.8 Å². The minimum absolute atomic E-state index is 0.0385. The lowest BCUT2D eigenvalue weighted by atomic mass is 10.0. The van der Waals surface area contributed by atoms with Crippen LogP contribution in [-0.2, 0) is 9.53 Å². The zero-order chi connectivity index (χ0) is 12.8. The van der Waals surface area contributed by atoms with Crippen LogP contribution in [0.3, 0.4) is 0 Å². The molecular formula is C12H25N3O2. The summed E-state index contributed by atoms with van der Waals surface area (Å²) in [6.07, 6.45) is 2.05. The van der Waals surface area contributed by atoms with Crippen LogP contribution in [-0.4, -0.2) is 68.2 Å². The van der Waals surface area contributed by atoms with Crippen molar-refractivity contribution in [3.63, 3.8) is 0 Å². The van der Waals surface area contributed by atoms with Gasteiger partial charge in [0.2, 0.25) is 5.91 Å². The molecule has 1 heterocycles. The summed E-state index contributed by atoms with van der Waals surface area (Å²) in [7, 11) is 3.77. The number of carbonyl (C=O) groups excluding carboxylic acids is 1. The highest BCUT2D eigenvalue weighted by molar-refractivity contribution is 5.81. The van der Waals surface area contributed by atoms with Gasteiger partial charge >= 0.3 is 0 Å². The fourth-order valence-corrected chi connectivity index (χ4v) is 2.23. The van der Waals surface area contributed by atoms with Crippen LogP contribution in [0.25, 0.3) is 0 Å². The van der Waals surface area contributed by atoms with Crippen LogP contribution < -0.4 is 5.73 Å². The molecule has 0 bridgehead atoms. The lowest BCUT2D eigenvalue weighted by molar-refractivity contribution is -0.136. The Morgan fingerprint density at radius 3 is 2.59 bits per heavy atom. The van der Waals surface area contributed by atoms with E-state index in [1.54, 1.807) is 14.0 Å². The summed E-state index contributed by atoms with van der Waals surface area (Å²) < 4.78 is 5.07. The molecule has 0 aromatic rings. The number of ether oxygens (including phenoxy) is 1. The van der Waals surface area contributed by atoms with Crippen molar-refractivity contribution in [2.45, 2.75) is 31.8 Å². The van der Waals surface area contributed by atoms with Gasteiger partial charge in [-0.15, -0.1) is 0 Å². The van der Waals surface area contributed by atoms with E-state index in [1.165, 1.54) is 0 Å². The average Bonchev–Trinajstić information content (AvgIpc) is 2.31. The van der Waals surface area contributed by atoms with Gasteiger partial charge < -0.3 is 20.3 Å². The largest absolute Gasteiger partial charge is 0.383 e. The summed E-state index contributed by atoms with van der Waals surface area (Å²) >= 11 is 0. The third-order valence-corrected chi connectivity index (χ3v) is 3.34. The normalized spacial score (nSPS) is 20.2. The van der Waals surface area contributed by atoms with Gasteiger partial charge in [-0.1, -0.05) is 0 Å². The van der Waals surface area contributed by atoms with Crippen molar-refractivity contribution < 1.29 is 9.53 Å². The molecule has 0 radical (unpaired) electrons. The van der Waals surface area contributed by atoms with Gasteiger partial charge in [0.1, 0.15) is 0 Å². The Labute approximate surface area is 104 Å². The van der Waals surface area contributed by atoms with Crippen LogP contribution in [0, 0.1) is 0 Å². The second-order valence-corrected chi connectivity index (χ2v) is 4.85. The van der Waals surface area contributed by atoms with Crippen LogP contribution in [0.2, 0.25) is 0 Å². The summed E-state index contributed by atoms with van der Waals surface area (Å²) in [6.45, 7) is 5.05. The van der Waals surface area contributed by atoms with Crippen molar-refractivity contribution in [3.05, 3.63) is 0 Å². The second kappa shape index (κ2) is 6.93.